The Morgan fingerprint density at radius 3 is 2.96 bits per heavy atom. The van der Waals surface area contributed by atoms with Gasteiger partial charge in [0.15, 0.2) is 12.1 Å². The molecule has 3 unspecified atom stereocenters. The van der Waals surface area contributed by atoms with Crippen molar-refractivity contribution in [2.75, 3.05) is 6.54 Å². The highest BCUT2D eigenvalue weighted by Gasteiger charge is 2.70. The topological polar surface area (TPSA) is 143 Å². The molecule has 3 N–H and O–H groups in total. The summed E-state index contributed by atoms with van der Waals surface area (Å²) in [6.07, 6.45) is -0.317. The normalized spacial score (nSPS) is 32.9. The molecule has 4 atom stereocenters. The Balaban J connectivity index is 1.45. The van der Waals surface area contributed by atoms with Gasteiger partial charge in [-0.3, -0.25) is 14.1 Å². The number of hydrogen-bond acceptors (Lipinski definition) is 10. The van der Waals surface area contributed by atoms with Crippen LogP contribution < -0.4 is 5.84 Å². The number of hydrogen-bond donors (Lipinski definition) is 2. The summed E-state index contributed by atoms with van der Waals surface area (Å²) in [4.78, 5) is 27.3. The molecule has 0 aliphatic carbocycles. The zero-order valence-corrected chi connectivity index (χ0v) is 15.0. The van der Waals surface area contributed by atoms with E-state index in [0.717, 1.165) is 9.94 Å². The maximum Gasteiger partial charge on any atom is 0.414 e. The number of nitrogens with two attached hydrogens (primary N) is 1. The SMILES string of the molecule is NN(C(=O)Cc1cccs1)C(=O)[C@@H]1CCC23CN1C(O2)N3OS(=O)(=O)O. The van der Waals surface area contributed by atoms with Crippen LogP contribution in [0.4, 0.5) is 0 Å². The van der Waals surface area contributed by atoms with Gasteiger partial charge in [0.05, 0.1) is 12.5 Å². The quantitative estimate of drug-likeness (QED) is 0.273. The predicted molar refractivity (Wildman–Crippen MR) is 85.9 cm³/mol. The van der Waals surface area contributed by atoms with Gasteiger partial charge in [-0.15, -0.1) is 15.6 Å². The average Bonchev–Trinajstić information content (AvgIpc) is 3.23. The number of imide groups is 1. The van der Waals surface area contributed by atoms with Crippen molar-refractivity contribution in [1.29, 1.82) is 0 Å². The van der Waals surface area contributed by atoms with Crippen molar-refractivity contribution in [3.8, 4) is 0 Å². The van der Waals surface area contributed by atoms with Gasteiger partial charge in [-0.2, -0.15) is 8.42 Å². The number of piperidine rings is 1. The molecule has 4 saturated heterocycles. The first-order valence-corrected chi connectivity index (χ1v) is 9.98. The first kappa shape index (κ1) is 17.9. The molecule has 13 heteroatoms. The van der Waals surface area contributed by atoms with Crippen LogP contribution in [0.25, 0.3) is 0 Å². The fraction of sp³-hybridized carbons (Fsp3) is 0.538. The van der Waals surface area contributed by atoms with Crippen molar-refractivity contribution < 1.29 is 31.6 Å². The van der Waals surface area contributed by atoms with Gasteiger partial charge in [0.1, 0.15) is 0 Å². The van der Waals surface area contributed by atoms with E-state index in [1.54, 1.807) is 17.0 Å². The second kappa shape index (κ2) is 6.03. The molecular formula is C13H16N4O7S2. The minimum absolute atomic E-state index is 0.0223. The third-order valence-electron chi connectivity index (χ3n) is 4.72. The van der Waals surface area contributed by atoms with Crippen LogP contribution in [0.15, 0.2) is 17.5 Å². The van der Waals surface area contributed by atoms with Crippen molar-refractivity contribution in [1.82, 2.24) is 15.0 Å². The van der Waals surface area contributed by atoms with Crippen molar-refractivity contribution in [3.63, 3.8) is 0 Å². The number of thiophene rings is 1. The molecule has 1 aromatic rings. The van der Waals surface area contributed by atoms with Crippen LogP contribution >= 0.6 is 11.3 Å². The molecule has 11 nitrogen and oxygen atoms in total. The van der Waals surface area contributed by atoms with Crippen LogP contribution in [0, 0.1) is 0 Å². The van der Waals surface area contributed by atoms with E-state index >= 15 is 0 Å². The van der Waals surface area contributed by atoms with Gasteiger partial charge >= 0.3 is 10.4 Å². The number of carbonyl (C=O) groups is 2. The lowest BCUT2D eigenvalue weighted by Gasteiger charge is -2.45. The molecule has 1 aromatic heterocycles. The number of nitrogens with zero attached hydrogens (tertiary/aromatic N) is 3. The second-order valence-corrected chi connectivity index (χ2v) is 8.34. The highest BCUT2D eigenvalue weighted by molar-refractivity contribution is 7.80. The van der Waals surface area contributed by atoms with E-state index in [0.29, 0.717) is 17.9 Å². The average molecular weight is 404 g/mol. The maximum absolute atomic E-state index is 12.7. The summed E-state index contributed by atoms with van der Waals surface area (Å²) < 4.78 is 41.0. The number of hydrazine groups is 1. The minimum atomic E-state index is -4.70. The molecule has 0 radical (unpaired) electrons. The van der Waals surface area contributed by atoms with Crippen LogP contribution in [0.3, 0.4) is 0 Å². The molecule has 0 saturated carbocycles. The summed E-state index contributed by atoms with van der Waals surface area (Å²) in [5, 5.41) is 3.44. The monoisotopic (exact) mass is 404 g/mol. The van der Waals surface area contributed by atoms with Crippen LogP contribution in [-0.4, -0.2) is 64.4 Å². The van der Waals surface area contributed by atoms with Crippen molar-refractivity contribution >= 4 is 33.6 Å². The molecule has 4 fully saturated rings. The Bertz CT molecular complexity index is 845. The molecule has 4 aliphatic rings. The minimum Gasteiger partial charge on any atom is -0.322 e. The summed E-state index contributed by atoms with van der Waals surface area (Å²) in [7, 11) is -4.70. The number of hydroxylamine groups is 2. The molecule has 3 bridgehead atoms. The standard InChI is InChI=1S/C13H16N4O7S2/c14-16(10(18)6-8-2-1-5-25-8)11(19)9-3-4-13-7-15(9)12(23-13)17(13)24-26(20,21)22/h1-2,5,9,12H,3-4,6-7,14H2,(H,20,21,22)/t9-,12?,13?/m0/s1. The Morgan fingerprint density at radius 2 is 2.31 bits per heavy atom. The summed E-state index contributed by atoms with van der Waals surface area (Å²) >= 11 is 1.39. The lowest BCUT2D eigenvalue weighted by atomic mass is 9.97. The Labute approximate surface area is 152 Å². The molecule has 0 aromatic carbocycles. The number of rotatable bonds is 5. The molecule has 2 amide bonds. The Hall–Kier alpha value is -1.45. The van der Waals surface area contributed by atoms with Crippen molar-refractivity contribution in [2.45, 2.75) is 37.4 Å². The largest absolute Gasteiger partial charge is 0.414 e. The summed E-state index contributed by atoms with van der Waals surface area (Å²) in [5.74, 6) is 4.60. The van der Waals surface area contributed by atoms with E-state index in [-0.39, 0.29) is 13.0 Å². The van der Waals surface area contributed by atoms with Crippen LogP contribution in [-0.2, 0) is 35.4 Å². The third kappa shape index (κ3) is 2.86. The molecule has 26 heavy (non-hydrogen) atoms. The van der Waals surface area contributed by atoms with Gasteiger partial charge < -0.3 is 4.74 Å². The highest BCUT2D eigenvalue weighted by atomic mass is 32.3. The smallest absolute Gasteiger partial charge is 0.322 e. The van der Waals surface area contributed by atoms with Crippen LogP contribution in [0.2, 0.25) is 0 Å². The molecule has 5 heterocycles. The van der Waals surface area contributed by atoms with E-state index in [1.807, 2.05) is 5.38 Å². The summed E-state index contributed by atoms with van der Waals surface area (Å²) in [6.45, 7) is 0.205. The summed E-state index contributed by atoms with van der Waals surface area (Å²) in [5.41, 5.74) is -1.02. The third-order valence-corrected chi connectivity index (χ3v) is 5.95. The van der Waals surface area contributed by atoms with E-state index in [4.69, 9.17) is 15.1 Å². The predicted octanol–water partition coefficient (Wildman–Crippen LogP) is -0.956. The lowest BCUT2D eigenvalue weighted by molar-refractivity contribution is -0.415. The molecule has 142 valence electrons. The van der Waals surface area contributed by atoms with Gasteiger partial charge in [0, 0.05) is 11.4 Å². The highest BCUT2D eigenvalue weighted by Crippen LogP contribution is 2.52. The zero-order valence-electron chi connectivity index (χ0n) is 13.3. The number of carbonyl (C=O) groups excluding carboxylic acids is 2. The maximum atomic E-state index is 12.7. The number of amides is 2. The van der Waals surface area contributed by atoms with Gasteiger partial charge in [0.25, 0.3) is 5.91 Å². The molecule has 5 rings (SSSR count). The van der Waals surface area contributed by atoms with E-state index in [9.17, 15) is 18.0 Å². The van der Waals surface area contributed by atoms with Crippen molar-refractivity contribution in [2.24, 2.45) is 5.84 Å². The van der Waals surface area contributed by atoms with Gasteiger partial charge in [-0.05, 0) is 24.3 Å². The first-order chi connectivity index (χ1) is 12.2. The van der Waals surface area contributed by atoms with E-state index in [1.165, 1.54) is 11.3 Å². The van der Waals surface area contributed by atoms with Crippen molar-refractivity contribution in [3.05, 3.63) is 22.4 Å². The molecule has 4 aliphatic heterocycles. The Kier molecular flexibility index (Phi) is 4.16. The first-order valence-electron chi connectivity index (χ1n) is 7.74. The molecule has 1 spiro atoms. The van der Waals surface area contributed by atoms with Gasteiger partial charge in [-0.1, -0.05) is 11.1 Å². The van der Waals surface area contributed by atoms with E-state index < -0.39 is 40.3 Å². The Morgan fingerprint density at radius 1 is 1.54 bits per heavy atom. The molecular weight excluding hydrogens is 388 g/mol. The second-order valence-electron chi connectivity index (χ2n) is 6.30. The van der Waals surface area contributed by atoms with Gasteiger partial charge in [0.2, 0.25) is 5.91 Å². The van der Waals surface area contributed by atoms with Crippen LogP contribution in [0.1, 0.15) is 17.7 Å². The fourth-order valence-electron chi connectivity index (χ4n) is 3.56. The van der Waals surface area contributed by atoms with E-state index in [2.05, 4.69) is 4.28 Å². The van der Waals surface area contributed by atoms with Gasteiger partial charge in [-0.25, -0.2) is 15.8 Å². The zero-order chi connectivity index (χ0) is 18.7. The van der Waals surface area contributed by atoms with Crippen LogP contribution in [0.5, 0.6) is 0 Å². The fourth-order valence-corrected chi connectivity index (χ4v) is 4.67. The lowest BCUT2D eigenvalue weighted by Crippen LogP contribution is -2.63. The summed E-state index contributed by atoms with van der Waals surface area (Å²) in [6, 6.07) is 2.83. The number of ether oxygens (including phenoxy) is 1.